The van der Waals surface area contributed by atoms with Crippen molar-refractivity contribution in [2.75, 3.05) is 17.7 Å². The van der Waals surface area contributed by atoms with Crippen LogP contribution < -0.4 is 5.32 Å². The van der Waals surface area contributed by atoms with Gasteiger partial charge in [-0.15, -0.1) is 22.0 Å². The monoisotopic (exact) mass is 361 g/mol. The molecule has 2 aromatic rings. The molecule has 1 aromatic heterocycles. The molecule has 5 nitrogen and oxygen atoms in total. The van der Waals surface area contributed by atoms with Gasteiger partial charge < -0.3 is 4.74 Å². The molecule has 0 spiro atoms. The first kappa shape index (κ1) is 17.0. The number of anilines is 1. The van der Waals surface area contributed by atoms with Gasteiger partial charge in [0.15, 0.2) is 5.76 Å². The Morgan fingerprint density at radius 3 is 2.83 bits per heavy atom. The number of hydrogen-bond donors (Lipinski definition) is 1. The van der Waals surface area contributed by atoms with Gasteiger partial charge in [0, 0.05) is 12.2 Å². The summed E-state index contributed by atoms with van der Waals surface area (Å²) in [5, 5.41) is 12.4. The summed E-state index contributed by atoms with van der Waals surface area (Å²) in [6.45, 7) is 4.78. The van der Waals surface area contributed by atoms with Crippen LogP contribution in [0.2, 0.25) is 0 Å². The Labute approximate surface area is 149 Å². The highest BCUT2D eigenvalue weighted by Crippen LogP contribution is 2.35. The molecule has 126 valence electrons. The van der Waals surface area contributed by atoms with Gasteiger partial charge in [-0.3, -0.25) is 10.1 Å². The molecular formula is C17H19N3O2S2. The lowest BCUT2D eigenvalue weighted by atomic mass is 10.1. The van der Waals surface area contributed by atoms with Crippen LogP contribution >= 0.6 is 23.1 Å². The van der Waals surface area contributed by atoms with Crippen LogP contribution in [0.25, 0.3) is 4.91 Å². The fourth-order valence-corrected chi connectivity index (χ4v) is 4.18. The molecule has 0 radical (unpaired) electrons. The fraction of sp³-hybridized carbons (Fsp3) is 0.353. The summed E-state index contributed by atoms with van der Waals surface area (Å²) in [5.41, 5.74) is 0.991. The molecule has 24 heavy (non-hydrogen) atoms. The SMILES string of the molecule is CC(C)Cc1nnc(NC(=O)C2=C(c3ccccc3)SCCO2)s1. The Kier molecular flexibility index (Phi) is 5.52. The van der Waals surface area contributed by atoms with E-state index in [9.17, 15) is 4.79 Å². The quantitative estimate of drug-likeness (QED) is 0.877. The van der Waals surface area contributed by atoms with Crippen LogP contribution in [0, 0.1) is 5.92 Å². The van der Waals surface area contributed by atoms with Crippen molar-refractivity contribution in [3.8, 4) is 0 Å². The highest BCUT2D eigenvalue weighted by atomic mass is 32.2. The molecule has 0 saturated heterocycles. The summed E-state index contributed by atoms with van der Waals surface area (Å²) >= 11 is 3.05. The molecule has 0 fully saturated rings. The van der Waals surface area contributed by atoms with Crippen LogP contribution in [0.5, 0.6) is 0 Å². The summed E-state index contributed by atoms with van der Waals surface area (Å²) in [7, 11) is 0. The molecule has 7 heteroatoms. The van der Waals surface area contributed by atoms with Crippen molar-refractivity contribution in [2.45, 2.75) is 20.3 Å². The zero-order chi connectivity index (χ0) is 16.9. The average Bonchev–Trinajstić information content (AvgIpc) is 3.01. The molecule has 2 heterocycles. The third kappa shape index (κ3) is 4.15. The Hall–Kier alpha value is -1.86. The van der Waals surface area contributed by atoms with Gasteiger partial charge in [0.2, 0.25) is 5.13 Å². The smallest absolute Gasteiger partial charge is 0.293 e. The Bertz CT molecular complexity index is 741. The summed E-state index contributed by atoms with van der Waals surface area (Å²) in [6.07, 6.45) is 0.859. The van der Waals surface area contributed by atoms with E-state index in [1.165, 1.54) is 11.3 Å². The summed E-state index contributed by atoms with van der Waals surface area (Å²) in [5.74, 6) is 1.43. The lowest BCUT2D eigenvalue weighted by Crippen LogP contribution is -2.21. The first-order valence-corrected chi connectivity index (χ1v) is 9.62. The number of nitrogens with one attached hydrogen (secondary N) is 1. The minimum absolute atomic E-state index is 0.270. The second kappa shape index (κ2) is 7.81. The molecule has 1 aromatic carbocycles. The van der Waals surface area contributed by atoms with E-state index in [1.54, 1.807) is 11.8 Å². The largest absolute Gasteiger partial charge is 0.486 e. The molecule has 0 bridgehead atoms. The molecular weight excluding hydrogens is 342 g/mol. The van der Waals surface area contributed by atoms with Crippen LogP contribution in [0.3, 0.4) is 0 Å². The van der Waals surface area contributed by atoms with Crippen molar-refractivity contribution in [3.63, 3.8) is 0 Å². The van der Waals surface area contributed by atoms with E-state index >= 15 is 0 Å². The third-order valence-corrected chi connectivity index (χ3v) is 5.24. The van der Waals surface area contributed by atoms with Crippen LogP contribution in [0.1, 0.15) is 24.4 Å². The lowest BCUT2D eigenvalue weighted by molar-refractivity contribution is -0.115. The van der Waals surface area contributed by atoms with Gasteiger partial charge in [0.05, 0.1) is 11.5 Å². The molecule has 0 atom stereocenters. The lowest BCUT2D eigenvalue weighted by Gasteiger charge is -2.20. The van der Waals surface area contributed by atoms with E-state index in [0.717, 1.165) is 27.6 Å². The topological polar surface area (TPSA) is 64.1 Å². The highest BCUT2D eigenvalue weighted by molar-refractivity contribution is 8.08. The molecule has 1 N–H and O–H groups in total. The maximum Gasteiger partial charge on any atom is 0.293 e. The van der Waals surface area contributed by atoms with E-state index in [-0.39, 0.29) is 5.91 Å². The number of thioether (sulfide) groups is 1. The Morgan fingerprint density at radius 2 is 2.08 bits per heavy atom. The molecule has 1 aliphatic rings. The van der Waals surface area contributed by atoms with E-state index < -0.39 is 0 Å². The van der Waals surface area contributed by atoms with Crippen LogP contribution in [0.15, 0.2) is 36.1 Å². The van der Waals surface area contributed by atoms with Crippen molar-refractivity contribution in [1.82, 2.24) is 10.2 Å². The van der Waals surface area contributed by atoms with Crippen molar-refractivity contribution in [3.05, 3.63) is 46.7 Å². The van der Waals surface area contributed by atoms with Crippen LogP contribution in [0.4, 0.5) is 5.13 Å². The predicted octanol–water partition coefficient (Wildman–Crippen LogP) is 3.81. The first-order chi connectivity index (χ1) is 11.6. The number of carbonyl (C=O) groups excluding carboxylic acids is 1. The van der Waals surface area contributed by atoms with E-state index in [4.69, 9.17) is 4.74 Å². The molecule has 0 unspecified atom stereocenters. The second-order valence-electron chi connectivity index (χ2n) is 5.77. The Balaban J connectivity index is 1.79. The molecule has 0 saturated carbocycles. The van der Waals surface area contributed by atoms with Gasteiger partial charge in [0.25, 0.3) is 5.91 Å². The Morgan fingerprint density at radius 1 is 1.29 bits per heavy atom. The number of carbonyl (C=O) groups is 1. The highest BCUT2D eigenvalue weighted by Gasteiger charge is 2.24. The number of hydrogen-bond acceptors (Lipinski definition) is 6. The third-order valence-electron chi connectivity index (χ3n) is 3.29. The predicted molar refractivity (Wildman–Crippen MR) is 98.9 cm³/mol. The number of benzene rings is 1. The summed E-state index contributed by atoms with van der Waals surface area (Å²) < 4.78 is 5.65. The fourth-order valence-electron chi connectivity index (χ4n) is 2.28. The van der Waals surface area contributed by atoms with Crippen molar-refractivity contribution in [1.29, 1.82) is 0 Å². The zero-order valence-corrected chi connectivity index (χ0v) is 15.2. The van der Waals surface area contributed by atoms with Gasteiger partial charge >= 0.3 is 0 Å². The summed E-state index contributed by atoms with van der Waals surface area (Å²) in [6, 6.07) is 9.83. The van der Waals surface area contributed by atoms with Gasteiger partial charge in [-0.1, -0.05) is 55.5 Å². The van der Waals surface area contributed by atoms with Crippen LogP contribution in [-0.2, 0) is 16.0 Å². The van der Waals surface area contributed by atoms with E-state index in [0.29, 0.717) is 23.4 Å². The van der Waals surface area contributed by atoms with Gasteiger partial charge in [-0.25, -0.2) is 0 Å². The first-order valence-electron chi connectivity index (χ1n) is 7.82. The van der Waals surface area contributed by atoms with Gasteiger partial charge in [0.1, 0.15) is 5.01 Å². The normalized spacial score (nSPS) is 14.6. The number of aromatic nitrogens is 2. The van der Waals surface area contributed by atoms with E-state index in [2.05, 4.69) is 29.4 Å². The molecule has 1 amide bonds. The van der Waals surface area contributed by atoms with Crippen molar-refractivity contribution < 1.29 is 9.53 Å². The number of rotatable bonds is 5. The second-order valence-corrected chi connectivity index (χ2v) is 7.94. The van der Waals surface area contributed by atoms with Crippen LogP contribution in [-0.4, -0.2) is 28.5 Å². The molecule has 0 aliphatic carbocycles. The van der Waals surface area contributed by atoms with Crippen molar-refractivity contribution >= 4 is 39.0 Å². The average molecular weight is 361 g/mol. The maximum atomic E-state index is 12.6. The number of nitrogens with zero attached hydrogens (tertiary/aromatic N) is 2. The number of ether oxygens (including phenoxy) is 1. The summed E-state index contributed by atoms with van der Waals surface area (Å²) in [4.78, 5) is 13.5. The standard InChI is InChI=1S/C17H19N3O2S2/c1-11(2)10-13-19-20-17(24-13)18-16(21)14-15(23-9-8-22-14)12-6-4-3-5-7-12/h3-7,11H,8-10H2,1-2H3,(H,18,20,21). The minimum atomic E-state index is -0.270. The molecule has 1 aliphatic heterocycles. The maximum absolute atomic E-state index is 12.6. The van der Waals surface area contributed by atoms with E-state index in [1.807, 2.05) is 30.3 Å². The van der Waals surface area contributed by atoms with Gasteiger partial charge in [-0.05, 0) is 11.5 Å². The molecule has 3 rings (SSSR count). The minimum Gasteiger partial charge on any atom is -0.486 e. The van der Waals surface area contributed by atoms with Crippen molar-refractivity contribution in [2.24, 2.45) is 5.92 Å². The number of amides is 1. The zero-order valence-electron chi connectivity index (χ0n) is 13.6. The van der Waals surface area contributed by atoms with Gasteiger partial charge in [-0.2, -0.15) is 0 Å².